The molecule has 3 nitrogen and oxygen atoms in total. The lowest BCUT2D eigenvalue weighted by molar-refractivity contribution is -0.143. The van der Waals surface area contributed by atoms with Gasteiger partial charge in [-0.15, -0.1) is 12.4 Å². The second kappa shape index (κ2) is 2.10. The van der Waals surface area contributed by atoms with Gasteiger partial charge in [-0.05, 0) is 18.9 Å². The van der Waals surface area contributed by atoms with Gasteiger partial charge in [0.1, 0.15) is 0 Å². The molecular formula is C6H10ClNO2. The van der Waals surface area contributed by atoms with Gasteiger partial charge in [0.2, 0.25) is 0 Å². The van der Waals surface area contributed by atoms with E-state index in [9.17, 15) is 4.79 Å². The van der Waals surface area contributed by atoms with Gasteiger partial charge in [0.05, 0.1) is 5.41 Å². The number of hydrogen-bond acceptors (Lipinski definition) is 2. The number of halogens is 1. The molecule has 0 amide bonds. The van der Waals surface area contributed by atoms with Crippen molar-refractivity contribution in [2.24, 2.45) is 11.3 Å². The highest BCUT2D eigenvalue weighted by Gasteiger charge is 2.62. The van der Waals surface area contributed by atoms with Crippen LogP contribution >= 0.6 is 12.4 Å². The summed E-state index contributed by atoms with van der Waals surface area (Å²) >= 11 is 0. The summed E-state index contributed by atoms with van der Waals surface area (Å²) in [5.41, 5.74) is -0.333. The van der Waals surface area contributed by atoms with Gasteiger partial charge >= 0.3 is 5.97 Å². The molecule has 10 heavy (non-hydrogen) atoms. The van der Waals surface area contributed by atoms with E-state index in [4.69, 9.17) is 5.11 Å². The van der Waals surface area contributed by atoms with E-state index in [0.29, 0.717) is 12.5 Å². The van der Waals surface area contributed by atoms with Crippen molar-refractivity contribution in [3.8, 4) is 0 Å². The largest absolute Gasteiger partial charge is 0.481 e. The highest BCUT2D eigenvalue weighted by atomic mass is 35.5. The molecule has 1 aliphatic heterocycles. The van der Waals surface area contributed by atoms with Gasteiger partial charge in [0.25, 0.3) is 0 Å². The zero-order chi connectivity index (χ0) is 6.48. The standard InChI is InChI=1S/C6H9NO2.ClH/c8-5(9)6-1-4(6)2-7-3-6;/h4,7H,1-3H2,(H,8,9);1H/t4-,6-;/m0./s1. The van der Waals surface area contributed by atoms with Crippen LogP contribution in [0.15, 0.2) is 0 Å². The Labute approximate surface area is 65.2 Å². The summed E-state index contributed by atoms with van der Waals surface area (Å²) in [6.45, 7) is 1.60. The van der Waals surface area contributed by atoms with Crippen LogP contribution in [0.25, 0.3) is 0 Å². The molecule has 0 radical (unpaired) electrons. The summed E-state index contributed by atoms with van der Waals surface area (Å²) in [6, 6.07) is 0. The zero-order valence-corrected chi connectivity index (χ0v) is 6.28. The molecule has 0 spiro atoms. The van der Waals surface area contributed by atoms with E-state index in [0.717, 1.165) is 13.0 Å². The number of hydrogen-bond donors (Lipinski definition) is 2. The lowest BCUT2D eigenvalue weighted by Crippen LogP contribution is -2.23. The summed E-state index contributed by atoms with van der Waals surface area (Å²) in [6.07, 6.45) is 0.898. The Hall–Kier alpha value is -0.280. The number of aliphatic carboxylic acids is 1. The summed E-state index contributed by atoms with van der Waals surface area (Å²) in [4.78, 5) is 10.5. The molecule has 0 aromatic carbocycles. The van der Waals surface area contributed by atoms with Crippen LogP contribution in [0.1, 0.15) is 6.42 Å². The van der Waals surface area contributed by atoms with Gasteiger partial charge in [-0.3, -0.25) is 4.79 Å². The topological polar surface area (TPSA) is 49.3 Å². The Bertz CT molecular complexity index is 173. The molecular weight excluding hydrogens is 154 g/mol. The fourth-order valence-electron chi connectivity index (χ4n) is 1.67. The molecule has 0 unspecified atom stereocenters. The van der Waals surface area contributed by atoms with Gasteiger partial charge in [0.15, 0.2) is 0 Å². The Balaban J connectivity index is 0.000000500. The smallest absolute Gasteiger partial charge is 0.311 e. The van der Waals surface area contributed by atoms with Crippen molar-refractivity contribution >= 4 is 18.4 Å². The van der Waals surface area contributed by atoms with Crippen molar-refractivity contribution in [2.75, 3.05) is 13.1 Å². The zero-order valence-electron chi connectivity index (χ0n) is 5.46. The van der Waals surface area contributed by atoms with E-state index >= 15 is 0 Å². The number of fused-ring (bicyclic) bond motifs is 1. The van der Waals surface area contributed by atoms with E-state index in [1.165, 1.54) is 0 Å². The quantitative estimate of drug-likeness (QED) is 0.577. The number of piperidine rings is 1. The summed E-state index contributed by atoms with van der Waals surface area (Å²) in [7, 11) is 0. The minimum absolute atomic E-state index is 0. The maximum atomic E-state index is 10.5. The van der Waals surface area contributed by atoms with Crippen molar-refractivity contribution in [3.63, 3.8) is 0 Å². The molecule has 0 bridgehead atoms. The fraction of sp³-hybridized carbons (Fsp3) is 0.833. The molecule has 2 rings (SSSR count). The lowest BCUT2D eigenvalue weighted by atomic mass is 10.1. The number of carbonyl (C=O) groups is 1. The molecule has 2 atom stereocenters. The van der Waals surface area contributed by atoms with E-state index < -0.39 is 5.97 Å². The summed E-state index contributed by atoms with van der Waals surface area (Å²) < 4.78 is 0. The Kier molecular flexibility index (Phi) is 1.65. The minimum Gasteiger partial charge on any atom is -0.481 e. The van der Waals surface area contributed by atoms with E-state index in [1.54, 1.807) is 0 Å². The fourth-order valence-corrected chi connectivity index (χ4v) is 1.67. The number of rotatable bonds is 1. The van der Waals surface area contributed by atoms with E-state index in [2.05, 4.69) is 5.32 Å². The second-order valence-corrected chi connectivity index (χ2v) is 2.99. The Morgan fingerprint density at radius 3 is 2.60 bits per heavy atom. The highest BCUT2D eigenvalue weighted by Crippen LogP contribution is 2.54. The van der Waals surface area contributed by atoms with Crippen LogP contribution in [0, 0.1) is 11.3 Å². The van der Waals surface area contributed by atoms with Gasteiger partial charge < -0.3 is 10.4 Å². The molecule has 0 aromatic heterocycles. The molecule has 2 fully saturated rings. The molecule has 1 aliphatic carbocycles. The van der Waals surface area contributed by atoms with Crippen molar-refractivity contribution in [1.29, 1.82) is 0 Å². The van der Waals surface area contributed by atoms with Crippen molar-refractivity contribution < 1.29 is 9.90 Å². The predicted molar refractivity (Wildman–Crippen MR) is 38.3 cm³/mol. The molecule has 0 aromatic rings. The van der Waals surface area contributed by atoms with Crippen LogP contribution in [0.5, 0.6) is 0 Å². The maximum Gasteiger partial charge on any atom is 0.311 e. The van der Waals surface area contributed by atoms with Gasteiger partial charge in [-0.25, -0.2) is 0 Å². The number of nitrogens with one attached hydrogen (secondary N) is 1. The monoisotopic (exact) mass is 163 g/mol. The minimum atomic E-state index is -0.613. The van der Waals surface area contributed by atoms with Gasteiger partial charge in [-0.1, -0.05) is 0 Å². The van der Waals surface area contributed by atoms with E-state index in [-0.39, 0.29) is 17.8 Å². The van der Waals surface area contributed by atoms with Gasteiger partial charge in [-0.2, -0.15) is 0 Å². The van der Waals surface area contributed by atoms with Crippen LogP contribution in [0.4, 0.5) is 0 Å². The number of carboxylic acids is 1. The highest BCUT2D eigenvalue weighted by molar-refractivity contribution is 5.85. The summed E-state index contributed by atoms with van der Waals surface area (Å²) in [5.74, 6) is -0.174. The Morgan fingerprint density at radius 2 is 2.40 bits per heavy atom. The van der Waals surface area contributed by atoms with E-state index in [1.807, 2.05) is 0 Å². The van der Waals surface area contributed by atoms with Crippen molar-refractivity contribution in [3.05, 3.63) is 0 Å². The Morgan fingerprint density at radius 1 is 1.70 bits per heavy atom. The first-order chi connectivity index (χ1) is 4.26. The predicted octanol–water partition coefficient (Wildman–Crippen LogP) is 0.102. The molecule has 1 saturated carbocycles. The van der Waals surface area contributed by atoms with Crippen LogP contribution in [-0.2, 0) is 4.79 Å². The molecule has 4 heteroatoms. The maximum absolute atomic E-state index is 10.5. The van der Waals surface area contributed by atoms with Crippen LogP contribution in [0.3, 0.4) is 0 Å². The van der Waals surface area contributed by atoms with Crippen molar-refractivity contribution in [1.82, 2.24) is 5.32 Å². The molecule has 1 heterocycles. The molecule has 1 saturated heterocycles. The average Bonchev–Trinajstić information content (AvgIpc) is 2.38. The van der Waals surface area contributed by atoms with Crippen LogP contribution in [-0.4, -0.2) is 24.2 Å². The second-order valence-electron chi connectivity index (χ2n) is 2.99. The number of carboxylic acid groups (broad SMARTS) is 1. The first-order valence-corrected chi connectivity index (χ1v) is 3.20. The third-order valence-corrected chi connectivity index (χ3v) is 2.49. The third kappa shape index (κ3) is 0.739. The molecule has 58 valence electrons. The molecule has 2 N–H and O–H groups in total. The first-order valence-electron chi connectivity index (χ1n) is 3.20. The van der Waals surface area contributed by atoms with Crippen LogP contribution in [0.2, 0.25) is 0 Å². The SMILES string of the molecule is Cl.O=C(O)[C@@]12CNC[C@@H]1C2. The third-order valence-electron chi connectivity index (χ3n) is 2.49. The lowest BCUT2D eigenvalue weighted by Gasteiger charge is -2.01. The average molecular weight is 164 g/mol. The normalized spacial score (nSPS) is 41.8. The van der Waals surface area contributed by atoms with Crippen molar-refractivity contribution in [2.45, 2.75) is 6.42 Å². The van der Waals surface area contributed by atoms with Gasteiger partial charge in [0, 0.05) is 6.54 Å². The first kappa shape index (κ1) is 7.82. The molecule has 2 aliphatic rings. The van der Waals surface area contributed by atoms with Crippen LogP contribution < -0.4 is 5.32 Å². The summed E-state index contributed by atoms with van der Waals surface area (Å²) in [5, 5.41) is 11.7.